The van der Waals surface area contributed by atoms with Crippen molar-refractivity contribution < 1.29 is 13.9 Å². The molecular weight excluding hydrogens is 295 g/mol. The molecule has 0 unspecified atom stereocenters. The second-order valence-corrected chi connectivity index (χ2v) is 4.90. The number of nitrogens with one attached hydrogen (secondary N) is 1. The first-order valence-electron chi connectivity index (χ1n) is 6.86. The minimum absolute atomic E-state index is 0. The Morgan fingerprint density at radius 3 is 3.05 bits per heavy atom. The Morgan fingerprint density at radius 2 is 2.29 bits per heavy atom. The Kier molecular flexibility index (Phi) is 4.85. The van der Waals surface area contributed by atoms with E-state index in [2.05, 4.69) is 5.32 Å². The summed E-state index contributed by atoms with van der Waals surface area (Å²) in [4.78, 5) is 11.8. The Bertz CT molecular complexity index is 669. The van der Waals surface area contributed by atoms with Crippen molar-refractivity contribution in [1.82, 2.24) is 9.88 Å². The Hall–Kier alpha value is -1.59. The Morgan fingerprint density at radius 1 is 1.48 bits per heavy atom. The van der Waals surface area contributed by atoms with Gasteiger partial charge < -0.3 is 14.6 Å². The number of fused-ring (bicyclic) bond motifs is 3. The smallest absolute Gasteiger partial charge is 0.325 e. The maximum Gasteiger partial charge on any atom is 0.325 e. The maximum atomic E-state index is 13.5. The van der Waals surface area contributed by atoms with E-state index in [1.54, 1.807) is 19.1 Å². The molecule has 1 aromatic carbocycles. The number of ether oxygens (including phenoxy) is 1. The largest absolute Gasteiger partial charge is 0.465 e. The van der Waals surface area contributed by atoms with E-state index in [0.717, 1.165) is 35.1 Å². The molecule has 1 aliphatic heterocycles. The van der Waals surface area contributed by atoms with Crippen LogP contribution in [0.1, 0.15) is 18.2 Å². The molecule has 0 bridgehead atoms. The highest BCUT2D eigenvalue weighted by atomic mass is 35.5. The average molecular weight is 313 g/mol. The van der Waals surface area contributed by atoms with Gasteiger partial charge in [0.1, 0.15) is 12.4 Å². The number of rotatable bonds is 3. The number of nitrogens with zero attached hydrogens (tertiary/aromatic N) is 1. The monoisotopic (exact) mass is 312 g/mol. The van der Waals surface area contributed by atoms with Crippen LogP contribution in [0.3, 0.4) is 0 Å². The molecule has 0 amide bonds. The fourth-order valence-corrected chi connectivity index (χ4v) is 2.87. The van der Waals surface area contributed by atoms with Crippen LogP contribution in [0.25, 0.3) is 10.9 Å². The zero-order chi connectivity index (χ0) is 14.1. The van der Waals surface area contributed by atoms with Gasteiger partial charge in [-0.3, -0.25) is 4.79 Å². The first-order chi connectivity index (χ1) is 9.70. The summed E-state index contributed by atoms with van der Waals surface area (Å²) in [6.07, 6.45) is 0.838. The molecule has 2 heterocycles. The van der Waals surface area contributed by atoms with Crippen LogP contribution in [0.2, 0.25) is 0 Å². The third kappa shape index (κ3) is 2.89. The van der Waals surface area contributed by atoms with E-state index in [9.17, 15) is 9.18 Å². The number of esters is 1. The van der Waals surface area contributed by atoms with Gasteiger partial charge in [0.05, 0.1) is 6.61 Å². The van der Waals surface area contributed by atoms with Crippen molar-refractivity contribution in [3.8, 4) is 0 Å². The van der Waals surface area contributed by atoms with Gasteiger partial charge in [-0.1, -0.05) is 0 Å². The van der Waals surface area contributed by atoms with Crippen molar-refractivity contribution in [3.63, 3.8) is 0 Å². The molecule has 2 aromatic rings. The minimum atomic E-state index is -0.255. The highest BCUT2D eigenvalue weighted by molar-refractivity contribution is 5.87. The van der Waals surface area contributed by atoms with E-state index in [1.807, 2.05) is 4.57 Å². The summed E-state index contributed by atoms with van der Waals surface area (Å²) in [5.41, 5.74) is 3.10. The lowest BCUT2D eigenvalue weighted by atomic mass is 10.1. The molecule has 21 heavy (non-hydrogen) atoms. The molecule has 3 rings (SSSR count). The lowest BCUT2D eigenvalue weighted by Gasteiger charge is -2.16. The van der Waals surface area contributed by atoms with E-state index >= 15 is 0 Å². The van der Waals surface area contributed by atoms with Gasteiger partial charge in [-0.15, -0.1) is 12.4 Å². The van der Waals surface area contributed by atoms with Crippen molar-refractivity contribution >= 4 is 29.3 Å². The average Bonchev–Trinajstić information content (AvgIpc) is 2.74. The van der Waals surface area contributed by atoms with Gasteiger partial charge in [-0.2, -0.15) is 0 Å². The minimum Gasteiger partial charge on any atom is -0.465 e. The quantitative estimate of drug-likeness (QED) is 0.885. The molecule has 1 N–H and O–H groups in total. The molecule has 4 nitrogen and oxygen atoms in total. The molecular formula is C15H18ClFN2O2. The van der Waals surface area contributed by atoms with E-state index in [1.165, 1.54) is 6.07 Å². The third-order valence-corrected chi connectivity index (χ3v) is 3.68. The lowest BCUT2D eigenvalue weighted by Crippen LogP contribution is -2.25. The fourth-order valence-electron chi connectivity index (χ4n) is 2.87. The standard InChI is InChI=1S/C15H17FN2O2.ClH/c1-2-20-15(19)9-18-13-4-3-10(16)7-11(13)12-8-17-6-5-14(12)18;/h3-4,7,17H,2,5-6,8-9H2,1H3;1H. The number of hydrogen-bond acceptors (Lipinski definition) is 3. The zero-order valence-electron chi connectivity index (χ0n) is 11.8. The van der Waals surface area contributed by atoms with E-state index in [4.69, 9.17) is 4.74 Å². The van der Waals surface area contributed by atoms with Gasteiger partial charge in [0.25, 0.3) is 0 Å². The summed E-state index contributed by atoms with van der Waals surface area (Å²) in [6.45, 7) is 3.93. The summed E-state index contributed by atoms with van der Waals surface area (Å²) in [7, 11) is 0. The van der Waals surface area contributed by atoms with Gasteiger partial charge in [0.15, 0.2) is 0 Å². The molecule has 0 saturated heterocycles. The van der Waals surface area contributed by atoms with Crippen LogP contribution in [0.4, 0.5) is 4.39 Å². The molecule has 1 aliphatic rings. The van der Waals surface area contributed by atoms with Crippen LogP contribution in [0.5, 0.6) is 0 Å². The molecule has 1 aromatic heterocycles. The van der Waals surface area contributed by atoms with Gasteiger partial charge in [-0.05, 0) is 30.7 Å². The number of carbonyl (C=O) groups excluding carboxylic acids is 1. The molecule has 0 saturated carbocycles. The van der Waals surface area contributed by atoms with Crippen molar-refractivity contribution in [2.24, 2.45) is 0 Å². The number of carbonyl (C=O) groups is 1. The second-order valence-electron chi connectivity index (χ2n) is 4.90. The number of aromatic nitrogens is 1. The summed E-state index contributed by atoms with van der Waals surface area (Å²) >= 11 is 0. The van der Waals surface area contributed by atoms with Gasteiger partial charge in [0.2, 0.25) is 0 Å². The topological polar surface area (TPSA) is 43.3 Å². The highest BCUT2D eigenvalue weighted by Crippen LogP contribution is 2.29. The van der Waals surface area contributed by atoms with Crippen LogP contribution in [0, 0.1) is 5.82 Å². The van der Waals surface area contributed by atoms with E-state index in [0.29, 0.717) is 13.2 Å². The number of hydrogen-bond donors (Lipinski definition) is 1. The highest BCUT2D eigenvalue weighted by Gasteiger charge is 2.21. The van der Waals surface area contributed by atoms with Crippen molar-refractivity contribution in [1.29, 1.82) is 0 Å². The van der Waals surface area contributed by atoms with Crippen molar-refractivity contribution in [2.75, 3.05) is 13.2 Å². The molecule has 0 spiro atoms. The molecule has 114 valence electrons. The summed E-state index contributed by atoms with van der Waals surface area (Å²) < 4.78 is 20.5. The lowest BCUT2D eigenvalue weighted by molar-refractivity contribution is -0.143. The summed E-state index contributed by atoms with van der Waals surface area (Å²) in [6, 6.07) is 4.72. The second kappa shape index (κ2) is 6.45. The van der Waals surface area contributed by atoms with Crippen LogP contribution >= 0.6 is 12.4 Å². The number of benzene rings is 1. The summed E-state index contributed by atoms with van der Waals surface area (Å²) in [5, 5.41) is 4.18. The molecule has 6 heteroatoms. The van der Waals surface area contributed by atoms with E-state index < -0.39 is 0 Å². The summed E-state index contributed by atoms with van der Waals surface area (Å²) in [5.74, 6) is -0.505. The van der Waals surface area contributed by atoms with Gasteiger partial charge in [0, 0.05) is 36.1 Å². The van der Waals surface area contributed by atoms with Gasteiger partial charge in [-0.25, -0.2) is 4.39 Å². The first kappa shape index (κ1) is 15.8. The first-order valence-corrected chi connectivity index (χ1v) is 6.86. The zero-order valence-corrected chi connectivity index (χ0v) is 12.6. The maximum absolute atomic E-state index is 13.5. The number of halogens is 2. The molecule has 0 fully saturated rings. The van der Waals surface area contributed by atoms with Crippen molar-refractivity contribution in [3.05, 3.63) is 35.3 Å². The molecule has 0 aliphatic carbocycles. The predicted octanol–water partition coefficient (Wildman–Crippen LogP) is 2.41. The van der Waals surface area contributed by atoms with E-state index in [-0.39, 0.29) is 30.7 Å². The van der Waals surface area contributed by atoms with Crippen LogP contribution in [-0.2, 0) is 29.0 Å². The third-order valence-electron chi connectivity index (χ3n) is 3.68. The van der Waals surface area contributed by atoms with Crippen LogP contribution < -0.4 is 5.32 Å². The molecule has 0 radical (unpaired) electrons. The van der Waals surface area contributed by atoms with Gasteiger partial charge >= 0.3 is 5.97 Å². The Labute approximate surface area is 128 Å². The fraction of sp³-hybridized carbons (Fsp3) is 0.400. The SMILES string of the molecule is CCOC(=O)Cn1c2c(c3cc(F)ccc31)CNCC2.Cl. The van der Waals surface area contributed by atoms with Crippen LogP contribution in [-0.4, -0.2) is 23.7 Å². The molecule has 0 atom stereocenters. The normalized spacial score (nSPS) is 13.6. The Balaban J connectivity index is 0.00000161. The van der Waals surface area contributed by atoms with Crippen molar-refractivity contribution in [2.45, 2.75) is 26.4 Å². The van der Waals surface area contributed by atoms with Crippen LogP contribution in [0.15, 0.2) is 18.2 Å². The predicted molar refractivity (Wildman–Crippen MR) is 81.2 cm³/mol.